The van der Waals surface area contributed by atoms with Gasteiger partial charge in [-0.15, -0.1) is 11.3 Å². The second-order valence-electron chi connectivity index (χ2n) is 6.36. The Labute approximate surface area is 155 Å². The molecular weight excluding hydrogens is 352 g/mol. The van der Waals surface area contributed by atoms with Gasteiger partial charge in [0.2, 0.25) is 5.91 Å². The van der Waals surface area contributed by atoms with Crippen molar-refractivity contribution in [1.82, 2.24) is 4.57 Å². The maximum atomic E-state index is 12.5. The van der Waals surface area contributed by atoms with Crippen molar-refractivity contribution < 1.29 is 14.3 Å². The highest BCUT2D eigenvalue weighted by Gasteiger charge is 2.27. The van der Waals surface area contributed by atoms with Crippen LogP contribution in [0.1, 0.15) is 46.1 Å². The molecule has 2 aromatic rings. The number of esters is 1. The zero-order valence-corrected chi connectivity index (χ0v) is 15.8. The zero-order chi connectivity index (χ0) is 18.7. The molecule has 7 heteroatoms. The van der Waals surface area contributed by atoms with Gasteiger partial charge in [-0.25, -0.2) is 4.79 Å². The molecule has 0 saturated carbocycles. The number of aryl methyl sites for hydroxylation is 2. The highest BCUT2D eigenvalue weighted by molar-refractivity contribution is 7.17. The Kier molecular flexibility index (Phi) is 5.56. The van der Waals surface area contributed by atoms with Crippen LogP contribution >= 0.6 is 11.3 Å². The van der Waals surface area contributed by atoms with Crippen molar-refractivity contribution in [2.45, 2.75) is 46.1 Å². The lowest BCUT2D eigenvalue weighted by Crippen LogP contribution is -2.27. The largest absolute Gasteiger partial charge is 0.462 e. The monoisotopic (exact) mass is 374 g/mol. The molecule has 0 atom stereocenters. The van der Waals surface area contributed by atoms with E-state index in [2.05, 4.69) is 5.32 Å². The molecule has 1 N–H and O–H groups in total. The van der Waals surface area contributed by atoms with E-state index in [9.17, 15) is 14.4 Å². The minimum absolute atomic E-state index is 0.0919. The van der Waals surface area contributed by atoms with Crippen LogP contribution in [0.25, 0.3) is 0 Å². The van der Waals surface area contributed by atoms with Gasteiger partial charge in [0.05, 0.1) is 12.2 Å². The van der Waals surface area contributed by atoms with Crippen LogP contribution in [0.3, 0.4) is 0 Å². The summed E-state index contributed by atoms with van der Waals surface area (Å²) in [5.74, 6) is -0.725. The number of anilines is 1. The number of pyridine rings is 1. The summed E-state index contributed by atoms with van der Waals surface area (Å²) in [7, 11) is 0. The summed E-state index contributed by atoms with van der Waals surface area (Å²) < 4.78 is 6.55. The Bertz CT molecular complexity index is 897. The van der Waals surface area contributed by atoms with E-state index in [-0.39, 0.29) is 24.6 Å². The Morgan fingerprint density at radius 2 is 2.04 bits per heavy atom. The quantitative estimate of drug-likeness (QED) is 0.817. The van der Waals surface area contributed by atoms with E-state index in [1.165, 1.54) is 22.0 Å². The summed E-state index contributed by atoms with van der Waals surface area (Å²) in [6.07, 6.45) is 5.50. The minimum Gasteiger partial charge on any atom is -0.462 e. The van der Waals surface area contributed by atoms with Crippen molar-refractivity contribution in [3.05, 3.63) is 50.3 Å². The molecule has 1 aliphatic carbocycles. The summed E-state index contributed by atoms with van der Waals surface area (Å²) in [6.45, 7) is 3.82. The SMILES string of the molecule is CCOC(=O)c1c(NC(=O)Cn2cc(C)ccc2=O)sc2c1CCCC2. The summed E-state index contributed by atoms with van der Waals surface area (Å²) in [5, 5.41) is 3.35. The number of rotatable bonds is 5. The fourth-order valence-corrected chi connectivity index (χ4v) is 4.46. The molecule has 1 amide bonds. The van der Waals surface area contributed by atoms with E-state index in [0.29, 0.717) is 10.6 Å². The van der Waals surface area contributed by atoms with Gasteiger partial charge in [0.1, 0.15) is 11.5 Å². The Balaban J connectivity index is 1.85. The van der Waals surface area contributed by atoms with Gasteiger partial charge in [-0.2, -0.15) is 0 Å². The van der Waals surface area contributed by atoms with Crippen LogP contribution in [0.15, 0.2) is 23.1 Å². The van der Waals surface area contributed by atoms with Crippen LogP contribution in [-0.4, -0.2) is 23.1 Å². The second kappa shape index (κ2) is 7.86. The number of aromatic nitrogens is 1. The lowest BCUT2D eigenvalue weighted by molar-refractivity contribution is -0.116. The molecule has 0 radical (unpaired) electrons. The molecule has 2 aromatic heterocycles. The number of amides is 1. The number of nitrogens with one attached hydrogen (secondary N) is 1. The first kappa shape index (κ1) is 18.4. The average molecular weight is 374 g/mol. The number of carbonyl (C=O) groups is 2. The molecule has 1 aliphatic rings. The zero-order valence-electron chi connectivity index (χ0n) is 15.0. The molecule has 0 saturated heterocycles. The third kappa shape index (κ3) is 3.88. The fraction of sp³-hybridized carbons (Fsp3) is 0.421. The molecule has 0 fully saturated rings. The predicted octanol–water partition coefficient (Wildman–Crippen LogP) is 2.91. The lowest BCUT2D eigenvalue weighted by atomic mass is 9.95. The van der Waals surface area contributed by atoms with Gasteiger partial charge in [-0.05, 0) is 50.7 Å². The first-order valence-corrected chi connectivity index (χ1v) is 9.60. The van der Waals surface area contributed by atoms with Crippen LogP contribution in [-0.2, 0) is 28.9 Å². The van der Waals surface area contributed by atoms with E-state index < -0.39 is 5.97 Å². The van der Waals surface area contributed by atoms with Gasteiger partial charge in [0.15, 0.2) is 0 Å². The van der Waals surface area contributed by atoms with Crippen LogP contribution in [0.4, 0.5) is 5.00 Å². The molecule has 6 nitrogen and oxygen atoms in total. The molecule has 2 heterocycles. The van der Waals surface area contributed by atoms with Crippen molar-refractivity contribution in [2.24, 2.45) is 0 Å². The number of thiophene rings is 1. The summed E-state index contributed by atoms with van der Waals surface area (Å²) in [6, 6.07) is 3.15. The van der Waals surface area contributed by atoms with Crippen LogP contribution in [0, 0.1) is 6.92 Å². The number of ether oxygens (including phenoxy) is 1. The van der Waals surface area contributed by atoms with Gasteiger partial charge < -0.3 is 14.6 Å². The predicted molar refractivity (Wildman–Crippen MR) is 101 cm³/mol. The van der Waals surface area contributed by atoms with Gasteiger partial charge in [-0.3, -0.25) is 9.59 Å². The number of fused-ring (bicyclic) bond motifs is 1. The van der Waals surface area contributed by atoms with Crippen molar-refractivity contribution in [1.29, 1.82) is 0 Å². The summed E-state index contributed by atoms with van der Waals surface area (Å²) in [5.41, 5.74) is 2.15. The highest BCUT2D eigenvalue weighted by atomic mass is 32.1. The van der Waals surface area contributed by atoms with Crippen molar-refractivity contribution in [3.8, 4) is 0 Å². The molecule has 26 heavy (non-hydrogen) atoms. The molecule has 3 rings (SSSR count). The summed E-state index contributed by atoms with van der Waals surface area (Å²) in [4.78, 5) is 37.9. The van der Waals surface area contributed by atoms with E-state index in [1.807, 2.05) is 6.92 Å². The smallest absolute Gasteiger partial charge is 0.341 e. The highest BCUT2D eigenvalue weighted by Crippen LogP contribution is 2.38. The normalized spacial score (nSPS) is 13.2. The number of nitrogens with zero attached hydrogens (tertiary/aromatic N) is 1. The van der Waals surface area contributed by atoms with E-state index in [0.717, 1.165) is 41.7 Å². The molecule has 0 bridgehead atoms. The Morgan fingerprint density at radius 3 is 2.81 bits per heavy atom. The van der Waals surface area contributed by atoms with Gasteiger partial charge in [0, 0.05) is 17.1 Å². The Hall–Kier alpha value is -2.41. The van der Waals surface area contributed by atoms with Gasteiger partial charge in [-0.1, -0.05) is 6.07 Å². The van der Waals surface area contributed by atoms with Gasteiger partial charge >= 0.3 is 5.97 Å². The standard InChI is InChI=1S/C19H22N2O4S/c1-3-25-19(24)17-13-6-4-5-7-14(13)26-18(17)20-15(22)11-21-10-12(2)8-9-16(21)23/h8-10H,3-7,11H2,1-2H3,(H,20,22). The maximum absolute atomic E-state index is 12.5. The number of carbonyl (C=O) groups excluding carboxylic acids is 2. The molecule has 0 aliphatic heterocycles. The summed E-state index contributed by atoms with van der Waals surface area (Å²) >= 11 is 1.44. The molecule has 0 spiro atoms. The van der Waals surface area contributed by atoms with Crippen LogP contribution in [0.5, 0.6) is 0 Å². The van der Waals surface area contributed by atoms with E-state index in [4.69, 9.17) is 4.74 Å². The third-order valence-corrected chi connectivity index (χ3v) is 5.56. The van der Waals surface area contributed by atoms with Crippen molar-refractivity contribution >= 4 is 28.2 Å². The van der Waals surface area contributed by atoms with E-state index in [1.54, 1.807) is 19.2 Å². The third-order valence-electron chi connectivity index (χ3n) is 4.35. The van der Waals surface area contributed by atoms with Crippen LogP contribution < -0.4 is 10.9 Å². The molecular formula is C19H22N2O4S. The average Bonchev–Trinajstić information content (AvgIpc) is 2.96. The topological polar surface area (TPSA) is 77.4 Å². The lowest BCUT2D eigenvalue weighted by Gasteiger charge is -2.12. The Morgan fingerprint density at radius 1 is 1.27 bits per heavy atom. The van der Waals surface area contributed by atoms with E-state index >= 15 is 0 Å². The van der Waals surface area contributed by atoms with Crippen LogP contribution in [0.2, 0.25) is 0 Å². The first-order chi connectivity index (χ1) is 12.5. The first-order valence-electron chi connectivity index (χ1n) is 8.78. The fourth-order valence-electron chi connectivity index (χ4n) is 3.17. The number of hydrogen-bond donors (Lipinski definition) is 1. The number of hydrogen-bond acceptors (Lipinski definition) is 5. The molecule has 0 unspecified atom stereocenters. The molecule has 138 valence electrons. The molecule has 0 aromatic carbocycles. The van der Waals surface area contributed by atoms with Gasteiger partial charge in [0.25, 0.3) is 5.56 Å². The van der Waals surface area contributed by atoms with Crippen molar-refractivity contribution in [3.63, 3.8) is 0 Å². The van der Waals surface area contributed by atoms with Crippen molar-refractivity contribution in [2.75, 3.05) is 11.9 Å². The second-order valence-corrected chi connectivity index (χ2v) is 7.46. The minimum atomic E-state index is -0.394. The maximum Gasteiger partial charge on any atom is 0.341 e.